The molecule has 1 atom stereocenters. The highest BCUT2D eigenvalue weighted by atomic mass is 16.6. The Morgan fingerprint density at radius 3 is 2.85 bits per heavy atom. The Labute approximate surface area is 152 Å². The van der Waals surface area contributed by atoms with Crippen molar-refractivity contribution in [2.45, 2.75) is 58.3 Å². The molecule has 1 unspecified atom stereocenters. The fourth-order valence-electron chi connectivity index (χ4n) is 2.83. The van der Waals surface area contributed by atoms with Crippen molar-refractivity contribution in [2.75, 3.05) is 6.54 Å². The molecular weight excluding hydrogens is 334 g/mol. The van der Waals surface area contributed by atoms with Gasteiger partial charge >= 0.3 is 6.09 Å². The number of hydrogen-bond acceptors (Lipinski definition) is 7. The highest BCUT2D eigenvalue weighted by molar-refractivity contribution is 5.68. The van der Waals surface area contributed by atoms with Gasteiger partial charge < -0.3 is 9.26 Å². The molecule has 0 aliphatic carbocycles. The van der Waals surface area contributed by atoms with Crippen LogP contribution in [-0.4, -0.2) is 44.4 Å². The van der Waals surface area contributed by atoms with Gasteiger partial charge in [0.1, 0.15) is 5.60 Å². The van der Waals surface area contributed by atoms with E-state index < -0.39 is 5.60 Å². The van der Waals surface area contributed by atoms with Crippen molar-refractivity contribution in [3.8, 4) is 11.4 Å². The van der Waals surface area contributed by atoms with Crippen molar-refractivity contribution < 1.29 is 14.1 Å². The van der Waals surface area contributed by atoms with Gasteiger partial charge in [-0.15, -0.1) is 0 Å². The highest BCUT2D eigenvalue weighted by Crippen LogP contribution is 2.20. The van der Waals surface area contributed by atoms with Gasteiger partial charge in [-0.3, -0.25) is 15.2 Å². The number of pyridine rings is 1. The summed E-state index contributed by atoms with van der Waals surface area (Å²) in [5.41, 5.74) is 0.341. The first-order chi connectivity index (χ1) is 12.4. The molecule has 0 radical (unpaired) electrons. The van der Waals surface area contributed by atoms with Gasteiger partial charge in [-0.05, 0) is 52.2 Å². The van der Waals surface area contributed by atoms with Crippen molar-refractivity contribution in [1.82, 2.24) is 25.3 Å². The highest BCUT2D eigenvalue weighted by Gasteiger charge is 2.30. The molecule has 8 heteroatoms. The van der Waals surface area contributed by atoms with Crippen LogP contribution in [0.5, 0.6) is 0 Å². The van der Waals surface area contributed by atoms with Gasteiger partial charge in [-0.1, -0.05) is 5.16 Å². The zero-order valence-electron chi connectivity index (χ0n) is 15.4. The lowest BCUT2D eigenvalue weighted by Crippen LogP contribution is -2.52. The predicted octanol–water partition coefficient (Wildman–Crippen LogP) is 2.97. The number of nitrogens with one attached hydrogen (secondary N) is 1. The molecule has 2 aromatic heterocycles. The number of ether oxygens (including phenoxy) is 1. The van der Waals surface area contributed by atoms with Crippen LogP contribution in [0.4, 0.5) is 4.79 Å². The lowest BCUT2D eigenvalue weighted by Gasteiger charge is -2.36. The normalized spacial score (nSPS) is 18.0. The summed E-state index contributed by atoms with van der Waals surface area (Å²) in [6.07, 6.45) is 5.87. The molecule has 0 spiro atoms. The number of amides is 1. The summed E-state index contributed by atoms with van der Waals surface area (Å²) in [7, 11) is 0. The van der Waals surface area contributed by atoms with E-state index in [4.69, 9.17) is 9.26 Å². The second-order valence-corrected chi connectivity index (χ2v) is 7.31. The monoisotopic (exact) mass is 359 g/mol. The van der Waals surface area contributed by atoms with Crippen LogP contribution >= 0.6 is 0 Å². The van der Waals surface area contributed by atoms with E-state index in [0.717, 1.165) is 24.8 Å². The van der Waals surface area contributed by atoms with E-state index in [-0.39, 0.29) is 12.3 Å². The number of rotatable bonds is 4. The Bertz CT molecular complexity index is 726. The summed E-state index contributed by atoms with van der Waals surface area (Å²) in [5, 5.41) is 7.33. The molecule has 3 heterocycles. The molecule has 0 aromatic carbocycles. The van der Waals surface area contributed by atoms with Gasteiger partial charge in [-0.25, -0.2) is 4.79 Å². The SMILES string of the molecule is CC(C)(C)OC(=O)N1CCCCC1NCc1nc(-c2ccncc2)no1. The van der Waals surface area contributed by atoms with Gasteiger partial charge in [0.05, 0.1) is 12.7 Å². The molecule has 1 amide bonds. The Morgan fingerprint density at radius 1 is 1.35 bits per heavy atom. The van der Waals surface area contributed by atoms with Crippen LogP contribution in [0.2, 0.25) is 0 Å². The topological polar surface area (TPSA) is 93.4 Å². The maximum atomic E-state index is 12.4. The summed E-state index contributed by atoms with van der Waals surface area (Å²) < 4.78 is 10.8. The van der Waals surface area contributed by atoms with Gasteiger partial charge in [0.2, 0.25) is 11.7 Å². The van der Waals surface area contributed by atoms with Crippen LogP contribution in [0.25, 0.3) is 11.4 Å². The summed E-state index contributed by atoms with van der Waals surface area (Å²) in [6, 6.07) is 3.65. The summed E-state index contributed by atoms with van der Waals surface area (Å²) in [6.45, 7) is 6.68. The molecule has 1 fully saturated rings. The van der Waals surface area contributed by atoms with Gasteiger partial charge in [0, 0.05) is 24.5 Å². The molecule has 8 nitrogen and oxygen atoms in total. The molecule has 140 valence electrons. The lowest BCUT2D eigenvalue weighted by atomic mass is 10.1. The lowest BCUT2D eigenvalue weighted by molar-refractivity contribution is 0.00473. The number of piperidine rings is 1. The molecule has 1 aliphatic heterocycles. The zero-order valence-corrected chi connectivity index (χ0v) is 15.4. The summed E-state index contributed by atoms with van der Waals surface area (Å²) in [5.74, 6) is 1.00. The number of carbonyl (C=O) groups is 1. The number of likely N-dealkylation sites (tertiary alicyclic amines) is 1. The number of nitrogens with zero attached hydrogens (tertiary/aromatic N) is 4. The van der Waals surface area contributed by atoms with Gasteiger partial charge in [0.15, 0.2) is 0 Å². The molecule has 1 aliphatic rings. The van der Waals surface area contributed by atoms with Crippen LogP contribution < -0.4 is 5.32 Å². The second-order valence-electron chi connectivity index (χ2n) is 7.31. The molecular formula is C18H25N5O3. The minimum absolute atomic E-state index is 0.102. The van der Waals surface area contributed by atoms with E-state index in [2.05, 4.69) is 20.4 Å². The third-order valence-corrected chi connectivity index (χ3v) is 4.03. The van der Waals surface area contributed by atoms with Crippen LogP contribution in [0.3, 0.4) is 0 Å². The number of hydrogen-bond donors (Lipinski definition) is 1. The first kappa shape index (κ1) is 18.3. The van der Waals surface area contributed by atoms with Crippen molar-refractivity contribution in [2.24, 2.45) is 0 Å². The average molecular weight is 359 g/mol. The zero-order chi connectivity index (χ0) is 18.6. The van der Waals surface area contributed by atoms with E-state index in [9.17, 15) is 4.79 Å². The smallest absolute Gasteiger partial charge is 0.411 e. The van der Waals surface area contributed by atoms with Crippen molar-refractivity contribution >= 4 is 6.09 Å². The molecule has 0 saturated carbocycles. The largest absolute Gasteiger partial charge is 0.444 e. The molecule has 26 heavy (non-hydrogen) atoms. The minimum atomic E-state index is -0.509. The van der Waals surface area contributed by atoms with Crippen molar-refractivity contribution in [1.29, 1.82) is 0 Å². The standard InChI is InChI=1S/C18H25N5O3/c1-18(2,3)25-17(24)23-11-5-4-6-14(23)20-12-15-21-16(22-26-15)13-7-9-19-10-8-13/h7-10,14,20H,4-6,11-12H2,1-3H3. The average Bonchev–Trinajstić information content (AvgIpc) is 3.08. The molecule has 1 N–H and O–H groups in total. The van der Waals surface area contributed by atoms with Crippen LogP contribution in [-0.2, 0) is 11.3 Å². The number of carbonyl (C=O) groups excluding carboxylic acids is 1. The fourth-order valence-corrected chi connectivity index (χ4v) is 2.83. The maximum Gasteiger partial charge on any atom is 0.411 e. The first-order valence-electron chi connectivity index (χ1n) is 8.88. The first-order valence-corrected chi connectivity index (χ1v) is 8.88. The van der Waals surface area contributed by atoms with E-state index in [1.54, 1.807) is 17.3 Å². The minimum Gasteiger partial charge on any atom is -0.444 e. The van der Waals surface area contributed by atoms with Crippen LogP contribution in [0.1, 0.15) is 45.9 Å². The quantitative estimate of drug-likeness (QED) is 0.897. The van der Waals surface area contributed by atoms with Crippen molar-refractivity contribution in [3.05, 3.63) is 30.4 Å². The Hall–Kier alpha value is -2.48. The van der Waals surface area contributed by atoms with E-state index in [1.807, 2.05) is 32.9 Å². The number of aromatic nitrogens is 3. The van der Waals surface area contributed by atoms with Crippen LogP contribution in [0.15, 0.2) is 29.0 Å². The maximum absolute atomic E-state index is 12.4. The van der Waals surface area contributed by atoms with Gasteiger partial charge in [-0.2, -0.15) is 4.98 Å². The van der Waals surface area contributed by atoms with Gasteiger partial charge in [0.25, 0.3) is 0 Å². The Balaban J connectivity index is 1.60. The van der Waals surface area contributed by atoms with Crippen molar-refractivity contribution in [3.63, 3.8) is 0 Å². The summed E-state index contributed by atoms with van der Waals surface area (Å²) in [4.78, 5) is 22.5. The Kier molecular flexibility index (Phi) is 5.51. The molecule has 3 rings (SSSR count). The van der Waals surface area contributed by atoms with E-state index in [1.165, 1.54) is 0 Å². The van der Waals surface area contributed by atoms with E-state index >= 15 is 0 Å². The second kappa shape index (κ2) is 7.82. The molecule has 1 saturated heterocycles. The molecule has 2 aromatic rings. The predicted molar refractivity (Wildman–Crippen MR) is 94.9 cm³/mol. The summed E-state index contributed by atoms with van der Waals surface area (Å²) >= 11 is 0. The van der Waals surface area contributed by atoms with E-state index in [0.29, 0.717) is 24.8 Å². The molecule has 0 bridgehead atoms. The third kappa shape index (κ3) is 4.78. The Morgan fingerprint density at radius 2 is 2.12 bits per heavy atom. The van der Waals surface area contributed by atoms with Crippen LogP contribution in [0, 0.1) is 0 Å². The third-order valence-electron chi connectivity index (χ3n) is 4.03. The fraction of sp³-hybridized carbons (Fsp3) is 0.556.